The Hall–Kier alpha value is -2.64. The highest BCUT2D eigenvalue weighted by Gasteiger charge is 2.20. The van der Waals surface area contributed by atoms with Crippen LogP contribution in [-0.4, -0.2) is 9.52 Å². The molecule has 0 amide bonds. The topological polar surface area (TPSA) is 0 Å². The van der Waals surface area contributed by atoms with Gasteiger partial charge in [0.25, 0.3) is 0 Å². The second-order valence-electron chi connectivity index (χ2n) is 8.03. The summed E-state index contributed by atoms with van der Waals surface area (Å²) in [5.74, 6) is 0. The Kier molecular flexibility index (Phi) is 6.59. The maximum atomic E-state index is 2.48. The highest BCUT2D eigenvalue weighted by atomic mass is 28.2. The van der Waals surface area contributed by atoms with E-state index in [1.165, 1.54) is 46.7 Å². The molecule has 3 aromatic carbocycles. The van der Waals surface area contributed by atoms with Crippen molar-refractivity contribution in [1.82, 2.24) is 0 Å². The molecule has 0 unspecified atom stereocenters. The van der Waals surface area contributed by atoms with E-state index in [1.54, 1.807) is 10.8 Å². The van der Waals surface area contributed by atoms with E-state index < -0.39 is 9.52 Å². The van der Waals surface area contributed by atoms with Crippen molar-refractivity contribution in [3.8, 4) is 0 Å². The average Bonchev–Trinajstić information content (AvgIpc) is 3.16. The molecule has 0 atom stereocenters. The lowest BCUT2D eigenvalue weighted by Gasteiger charge is -2.14. The van der Waals surface area contributed by atoms with Crippen molar-refractivity contribution in [2.24, 2.45) is 0 Å². The molecule has 0 spiro atoms. The van der Waals surface area contributed by atoms with Crippen LogP contribution in [0.1, 0.15) is 42.9 Å². The van der Waals surface area contributed by atoms with Crippen LogP contribution in [0.3, 0.4) is 0 Å². The zero-order chi connectivity index (χ0) is 19.9. The molecule has 1 aliphatic carbocycles. The van der Waals surface area contributed by atoms with Crippen LogP contribution in [0.25, 0.3) is 5.57 Å². The Balaban J connectivity index is 1.63. The summed E-state index contributed by atoms with van der Waals surface area (Å²) in [4.78, 5) is 0. The van der Waals surface area contributed by atoms with E-state index >= 15 is 0 Å². The van der Waals surface area contributed by atoms with Gasteiger partial charge in [-0.3, -0.25) is 0 Å². The van der Waals surface area contributed by atoms with Gasteiger partial charge in [-0.05, 0) is 53.5 Å². The summed E-state index contributed by atoms with van der Waals surface area (Å²) in [6.07, 6.45) is 8.35. The number of hydrogen-bond acceptors (Lipinski definition) is 0. The van der Waals surface area contributed by atoms with E-state index in [0.717, 1.165) is 12.8 Å². The standard InChI is InChI=1S/C28H30Si/c1-2-3-10-22-15-17-24(18-16-22)26-19-20-28(29-25-13-8-5-9-14-25)27(26)21-23-11-6-4-7-12-23/h4-9,11-19H,2-3,10,20-21,29H2,1H3. The van der Waals surface area contributed by atoms with Crippen molar-refractivity contribution in [2.75, 3.05) is 0 Å². The average molecular weight is 395 g/mol. The molecule has 0 bridgehead atoms. The second-order valence-corrected chi connectivity index (χ2v) is 10.1. The molecule has 0 aromatic heterocycles. The molecule has 0 aliphatic heterocycles. The largest absolute Gasteiger partial charge is 0.0832 e. The van der Waals surface area contributed by atoms with Gasteiger partial charge in [0.15, 0.2) is 0 Å². The molecule has 4 rings (SSSR count). The van der Waals surface area contributed by atoms with Gasteiger partial charge < -0.3 is 0 Å². The SMILES string of the molecule is CCCCc1ccc(C2=CCC([SiH2]c3ccccc3)=C2Cc2ccccc2)cc1. The zero-order valence-corrected chi connectivity index (χ0v) is 18.8. The molecule has 1 aliphatic rings. The molecule has 146 valence electrons. The Labute approximate surface area is 177 Å². The predicted molar refractivity (Wildman–Crippen MR) is 129 cm³/mol. The van der Waals surface area contributed by atoms with Gasteiger partial charge in [-0.25, -0.2) is 0 Å². The van der Waals surface area contributed by atoms with Crippen LogP contribution in [0.2, 0.25) is 0 Å². The fraction of sp³-hybridized carbons (Fsp3) is 0.214. The van der Waals surface area contributed by atoms with E-state index in [0.29, 0.717) is 0 Å². The fourth-order valence-corrected chi connectivity index (χ4v) is 6.05. The maximum Gasteiger partial charge on any atom is 0.0832 e. The lowest BCUT2D eigenvalue weighted by atomic mass is 9.94. The first-order chi connectivity index (χ1) is 14.3. The first kappa shape index (κ1) is 19.7. The van der Waals surface area contributed by atoms with E-state index in [9.17, 15) is 0 Å². The Bertz CT molecular complexity index is 980. The third-order valence-electron chi connectivity index (χ3n) is 5.87. The van der Waals surface area contributed by atoms with Crippen LogP contribution in [0.4, 0.5) is 0 Å². The van der Waals surface area contributed by atoms with Crippen LogP contribution in [-0.2, 0) is 12.8 Å². The first-order valence-corrected chi connectivity index (χ1v) is 12.3. The molecule has 0 heterocycles. The van der Waals surface area contributed by atoms with Crippen molar-refractivity contribution >= 4 is 20.3 Å². The predicted octanol–water partition coefficient (Wildman–Crippen LogP) is 5.81. The molecule has 0 fully saturated rings. The quantitative estimate of drug-likeness (QED) is 0.423. The van der Waals surface area contributed by atoms with Crippen molar-refractivity contribution in [1.29, 1.82) is 0 Å². The number of rotatable bonds is 8. The van der Waals surface area contributed by atoms with Crippen molar-refractivity contribution in [2.45, 2.75) is 39.0 Å². The minimum atomic E-state index is -0.427. The van der Waals surface area contributed by atoms with Crippen LogP contribution < -0.4 is 5.19 Å². The Morgan fingerprint density at radius 1 is 0.759 bits per heavy atom. The summed E-state index contributed by atoms with van der Waals surface area (Å²) in [5.41, 5.74) is 7.30. The molecular weight excluding hydrogens is 364 g/mol. The van der Waals surface area contributed by atoms with Gasteiger partial charge in [0.05, 0.1) is 9.52 Å². The van der Waals surface area contributed by atoms with Crippen LogP contribution in [0.5, 0.6) is 0 Å². The summed E-state index contributed by atoms with van der Waals surface area (Å²) in [6, 6.07) is 31.4. The lowest BCUT2D eigenvalue weighted by molar-refractivity contribution is 0.795. The molecule has 0 saturated heterocycles. The van der Waals surface area contributed by atoms with Crippen molar-refractivity contribution < 1.29 is 0 Å². The number of benzene rings is 3. The number of aryl methyl sites for hydroxylation is 1. The summed E-state index contributed by atoms with van der Waals surface area (Å²) >= 11 is 0. The third kappa shape index (κ3) is 5.05. The van der Waals surface area contributed by atoms with Crippen molar-refractivity contribution in [3.63, 3.8) is 0 Å². The number of unbranched alkanes of at least 4 members (excludes halogenated alkanes) is 1. The number of allylic oxidation sites excluding steroid dienone is 4. The van der Waals surface area contributed by atoms with E-state index in [1.807, 2.05) is 0 Å². The fourth-order valence-electron chi connectivity index (χ4n) is 4.23. The van der Waals surface area contributed by atoms with Crippen LogP contribution in [0.15, 0.2) is 102 Å². The zero-order valence-electron chi connectivity index (χ0n) is 17.4. The first-order valence-electron chi connectivity index (χ1n) is 10.9. The normalized spacial score (nSPS) is 14.0. The molecule has 0 radical (unpaired) electrons. The van der Waals surface area contributed by atoms with Gasteiger partial charge in [-0.15, -0.1) is 0 Å². The van der Waals surface area contributed by atoms with Gasteiger partial charge in [0, 0.05) is 0 Å². The van der Waals surface area contributed by atoms with Gasteiger partial charge in [-0.1, -0.05) is 115 Å². The van der Waals surface area contributed by atoms with E-state index in [4.69, 9.17) is 0 Å². The van der Waals surface area contributed by atoms with Crippen LogP contribution >= 0.6 is 0 Å². The molecule has 29 heavy (non-hydrogen) atoms. The summed E-state index contributed by atoms with van der Waals surface area (Å²) < 4.78 is 0. The van der Waals surface area contributed by atoms with Gasteiger partial charge in [0.1, 0.15) is 0 Å². The molecule has 1 heteroatoms. The van der Waals surface area contributed by atoms with Gasteiger partial charge >= 0.3 is 0 Å². The minimum absolute atomic E-state index is 0.427. The third-order valence-corrected chi connectivity index (χ3v) is 7.89. The number of hydrogen-bond donors (Lipinski definition) is 0. The lowest BCUT2D eigenvalue weighted by Crippen LogP contribution is -2.16. The monoisotopic (exact) mass is 394 g/mol. The molecule has 0 nitrogen and oxygen atoms in total. The second kappa shape index (κ2) is 9.71. The molecule has 0 N–H and O–H groups in total. The van der Waals surface area contributed by atoms with Crippen LogP contribution in [0, 0.1) is 0 Å². The maximum absolute atomic E-state index is 2.48. The summed E-state index contributed by atoms with van der Waals surface area (Å²) in [5, 5.41) is 3.24. The Morgan fingerprint density at radius 2 is 1.45 bits per heavy atom. The smallest absolute Gasteiger partial charge is 0.0748 e. The highest BCUT2D eigenvalue weighted by Crippen LogP contribution is 2.35. The molecule has 0 saturated carbocycles. The minimum Gasteiger partial charge on any atom is -0.0748 e. The van der Waals surface area contributed by atoms with E-state index in [2.05, 4.69) is 97.9 Å². The summed E-state index contributed by atoms with van der Waals surface area (Å²) in [7, 11) is -0.427. The molecule has 3 aromatic rings. The van der Waals surface area contributed by atoms with Crippen molar-refractivity contribution in [3.05, 3.63) is 118 Å². The summed E-state index contributed by atoms with van der Waals surface area (Å²) in [6.45, 7) is 2.26. The highest BCUT2D eigenvalue weighted by molar-refractivity contribution is 6.61. The van der Waals surface area contributed by atoms with Gasteiger partial charge in [-0.2, -0.15) is 0 Å². The Morgan fingerprint density at radius 3 is 2.14 bits per heavy atom. The van der Waals surface area contributed by atoms with E-state index in [-0.39, 0.29) is 0 Å². The molecular formula is C28H30Si. The van der Waals surface area contributed by atoms with Gasteiger partial charge in [0.2, 0.25) is 0 Å².